The third-order valence-corrected chi connectivity index (χ3v) is 4.32. The van der Waals surface area contributed by atoms with E-state index in [4.69, 9.17) is 4.52 Å². The van der Waals surface area contributed by atoms with Crippen LogP contribution < -0.4 is 11.0 Å². The van der Waals surface area contributed by atoms with Gasteiger partial charge in [0.05, 0.1) is 12.6 Å². The molecule has 3 aromatic heterocycles. The molecule has 0 amide bonds. The second kappa shape index (κ2) is 6.17. The fraction of sp³-hybridized carbons (Fsp3) is 0.467. The SMILES string of the molecule is CN1CCNCC1c1noc(CCn2nc3ccccn3c2=O)n1. The molecular weight excluding hydrogens is 310 g/mol. The maximum atomic E-state index is 12.2. The number of likely N-dealkylation sites (N-methyl/N-ethyl adjacent to an activating group) is 1. The monoisotopic (exact) mass is 329 g/mol. The van der Waals surface area contributed by atoms with Crippen LogP contribution in [0.25, 0.3) is 5.65 Å². The lowest BCUT2D eigenvalue weighted by Crippen LogP contribution is -2.44. The van der Waals surface area contributed by atoms with Gasteiger partial charge in [-0.05, 0) is 19.2 Å². The summed E-state index contributed by atoms with van der Waals surface area (Å²) >= 11 is 0. The Morgan fingerprint density at radius 1 is 1.42 bits per heavy atom. The van der Waals surface area contributed by atoms with Crippen molar-refractivity contribution in [1.29, 1.82) is 0 Å². The number of hydrogen-bond acceptors (Lipinski definition) is 7. The molecule has 1 saturated heterocycles. The average Bonchev–Trinajstić information content (AvgIpc) is 3.19. The summed E-state index contributed by atoms with van der Waals surface area (Å²) < 4.78 is 8.28. The van der Waals surface area contributed by atoms with Crippen LogP contribution in [0.5, 0.6) is 0 Å². The van der Waals surface area contributed by atoms with Crippen molar-refractivity contribution in [2.75, 3.05) is 26.7 Å². The van der Waals surface area contributed by atoms with E-state index in [2.05, 4.69) is 32.5 Å². The highest BCUT2D eigenvalue weighted by molar-refractivity contribution is 5.35. The molecule has 1 N–H and O–H groups in total. The van der Waals surface area contributed by atoms with Gasteiger partial charge < -0.3 is 9.84 Å². The first kappa shape index (κ1) is 15.0. The standard InChI is InChI=1S/C15H19N7O2/c1-20-9-6-16-10-11(20)14-17-13(24-19-14)5-8-22-15(23)21-7-3-2-4-12(21)18-22/h2-4,7,11,16H,5-6,8-10H2,1H3. The highest BCUT2D eigenvalue weighted by Gasteiger charge is 2.25. The van der Waals surface area contributed by atoms with Crippen molar-refractivity contribution in [3.63, 3.8) is 0 Å². The number of fused-ring (bicyclic) bond motifs is 1. The van der Waals surface area contributed by atoms with Crippen LogP contribution in [0.15, 0.2) is 33.7 Å². The molecule has 1 aliphatic heterocycles. The number of aromatic nitrogens is 5. The van der Waals surface area contributed by atoms with E-state index in [-0.39, 0.29) is 11.7 Å². The minimum absolute atomic E-state index is 0.120. The van der Waals surface area contributed by atoms with Crippen LogP contribution in [0, 0.1) is 0 Å². The smallest absolute Gasteiger partial charge is 0.339 e. The molecule has 1 unspecified atom stereocenters. The van der Waals surface area contributed by atoms with E-state index in [9.17, 15) is 4.79 Å². The number of nitrogens with zero attached hydrogens (tertiary/aromatic N) is 6. The number of hydrogen-bond donors (Lipinski definition) is 1. The molecule has 3 aromatic rings. The van der Waals surface area contributed by atoms with Crippen molar-refractivity contribution in [2.45, 2.75) is 19.0 Å². The summed E-state index contributed by atoms with van der Waals surface area (Å²) in [6.45, 7) is 3.13. The molecule has 126 valence electrons. The van der Waals surface area contributed by atoms with E-state index in [1.54, 1.807) is 18.3 Å². The Morgan fingerprint density at radius 3 is 3.17 bits per heavy atom. The molecule has 0 saturated carbocycles. The molecule has 0 spiro atoms. The van der Waals surface area contributed by atoms with Crippen molar-refractivity contribution < 1.29 is 4.52 Å². The van der Waals surface area contributed by atoms with Gasteiger partial charge in [-0.3, -0.25) is 9.30 Å². The van der Waals surface area contributed by atoms with Crippen LogP contribution in [0.3, 0.4) is 0 Å². The van der Waals surface area contributed by atoms with Crippen molar-refractivity contribution in [3.05, 3.63) is 46.6 Å². The summed E-state index contributed by atoms with van der Waals surface area (Å²) in [5.41, 5.74) is 0.463. The van der Waals surface area contributed by atoms with Crippen LogP contribution >= 0.6 is 0 Å². The molecule has 1 aliphatic rings. The predicted octanol–water partition coefficient (Wildman–Crippen LogP) is -0.302. The minimum Gasteiger partial charge on any atom is -0.339 e. The maximum Gasteiger partial charge on any atom is 0.350 e. The summed E-state index contributed by atoms with van der Waals surface area (Å²) in [6, 6.07) is 5.58. The zero-order valence-corrected chi connectivity index (χ0v) is 13.4. The van der Waals surface area contributed by atoms with Gasteiger partial charge in [0.1, 0.15) is 0 Å². The van der Waals surface area contributed by atoms with E-state index in [0.29, 0.717) is 30.3 Å². The molecule has 4 rings (SSSR count). The zero-order chi connectivity index (χ0) is 16.5. The summed E-state index contributed by atoms with van der Waals surface area (Å²) in [7, 11) is 2.05. The Hall–Kier alpha value is -2.52. The summed E-state index contributed by atoms with van der Waals surface area (Å²) in [5, 5.41) is 11.7. The van der Waals surface area contributed by atoms with E-state index in [1.807, 2.05) is 6.07 Å². The van der Waals surface area contributed by atoms with Crippen LogP contribution in [0.4, 0.5) is 0 Å². The first-order chi connectivity index (χ1) is 11.7. The first-order valence-electron chi connectivity index (χ1n) is 8.00. The summed E-state index contributed by atoms with van der Waals surface area (Å²) in [5.74, 6) is 1.20. The van der Waals surface area contributed by atoms with Gasteiger partial charge in [0, 0.05) is 32.3 Å². The van der Waals surface area contributed by atoms with Gasteiger partial charge in [-0.25, -0.2) is 9.48 Å². The second-order valence-corrected chi connectivity index (χ2v) is 5.93. The second-order valence-electron chi connectivity index (χ2n) is 5.93. The quantitative estimate of drug-likeness (QED) is 0.702. The minimum atomic E-state index is -0.165. The molecule has 0 radical (unpaired) electrons. The fourth-order valence-electron chi connectivity index (χ4n) is 2.91. The van der Waals surface area contributed by atoms with E-state index in [0.717, 1.165) is 19.6 Å². The van der Waals surface area contributed by atoms with Gasteiger partial charge in [0.25, 0.3) is 0 Å². The maximum absolute atomic E-state index is 12.2. The molecule has 1 atom stereocenters. The normalized spacial score (nSPS) is 19.1. The molecule has 24 heavy (non-hydrogen) atoms. The van der Waals surface area contributed by atoms with Crippen molar-refractivity contribution in [3.8, 4) is 0 Å². The van der Waals surface area contributed by atoms with Gasteiger partial charge in [0.2, 0.25) is 5.89 Å². The van der Waals surface area contributed by atoms with E-state index < -0.39 is 0 Å². The Balaban J connectivity index is 1.48. The third-order valence-electron chi connectivity index (χ3n) is 4.32. The summed E-state index contributed by atoms with van der Waals surface area (Å²) in [4.78, 5) is 18.9. The van der Waals surface area contributed by atoms with E-state index in [1.165, 1.54) is 9.08 Å². The lowest BCUT2D eigenvalue weighted by Gasteiger charge is -2.30. The van der Waals surface area contributed by atoms with Gasteiger partial charge in [-0.2, -0.15) is 4.98 Å². The molecular formula is C15H19N7O2. The number of nitrogens with one attached hydrogen (secondary N) is 1. The number of rotatable bonds is 4. The first-order valence-corrected chi connectivity index (χ1v) is 8.00. The topological polar surface area (TPSA) is 93.5 Å². The molecule has 9 nitrogen and oxygen atoms in total. The molecule has 9 heteroatoms. The van der Waals surface area contributed by atoms with Crippen molar-refractivity contribution >= 4 is 5.65 Å². The number of piperazine rings is 1. The molecule has 4 heterocycles. The molecule has 0 aliphatic carbocycles. The van der Waals surface area contributed by atoms with Crippen LogP contribution in [0.1, 0.15) is 17.8 Å². The molecule has 0 aromatic carbocycles. The Bertz CT molecular complexity index is 896. The van der Waals surface area contributed by atoms with Crippen molar-refractivity contribution in [2.24, 2.45) is 0 Å². The van der Waals surface area contributed by atoms with Gasteiger partial charge in [-0.1, -0.05) is 11.2 Å². The Labute approximate surface area is 137 Å². The Morgan fingerprint density at radius 2 is 2.33 bits per heavy atom. The van der Waals surface area contributed by atoms with Crippen molar-refractivity contribution in [1.82, 2.24) is 34.5 Å². The number of aryl methyl sites for hydroxylation is 2. The highest BCUT2D eigenvalue weighted by atomic mass is 16.5. The lowest BCUT2D eigenvalue weighted by molar-refractivity contribution is 0.190. The Kier molecular flexibility index (Phi) is 3.87. The van der Waals surface area contributed by atoms with E-state index >= 15 is 0 Å². The number of pyridine rings is 1. The van der Waals surface area contributed by atoms with Gasteiger partial charge >= 0.3 is 5.69 Å². The molecule has 1 fully saturated rings. The predicted molar refractivity (Wildman–Crippen MR) is 85.7 cm³/mol. The largest absolute Gasteiger partial charge is 0.350 e. The van der Waals surface area contributed by atoms with Gasteiger partial charge in [-0.15, -0.1) is 5.10 Å². The molecule has 0 bridgehead atoms. The fourth-order valence-corrected chi connectivity index (χ4v) is 2.91. The van der Waals surface area contributed by atoms with Crippen LogP contribution in [-0.2, 0) is 13.0 Å². The average molecular weight is 329 g/mol. The zero-order valence-electron chi connectivity index (χ0n) is 13.4. The highest BCUT2D eigenvalue weighted by Crippen LogP contribution is 2.17. The lowest BCUT2D eigenvalue weighted by atomic mass is 10.2. The summed E-state index contributed by atoms with van der Waals surface area (Å²) in [6.07, 6.45) is 2.18. The van der Waals surface area contributed by atoms with Gasteiger partial charge in [0.15, 0.2) is 11.5 Å². The van der Waals surface area contributed by atoms with Crippen LogP contribution in [0.2, 0.25) is 0 Å². The third kappa shape index (κ3) is 2.72. The van der Waals surface area contributed by atoms with Crippen LogP contribution in [-0.4, -0.2) is 55.9 Å².